The normalized spacial score (nSPS) is 10.5. The summed E-state index contributed by atoms with van der Waals surface area (Å²) < 4.78 is 0. The molecule has 6 heteroatoms. The van der Waals surface area contributed by atoms with Crippen LogP contribution in [0.25, 0.3) is 0 Å². The van der Waals surface area contributed by atoms with E-state index in [0.29, 0.717) is 11.5 Å². The van der Waals surface area contributed by atoms with E-state index < -0.39 is 6.04 Å². The highest BCUT2D eigenvalue weighted by atomic mass is 16.3. The lowest BCUT2D eigenvalue weighted by molar-refractivity contribution is 0.203. The molecule has 0 unspecified atom stereocenters. The molecule has 0 aromatic carbocycles. The Morgan fingerprint density at radius 3 is 2.43 bits per heavy atom. The zero-order valence-electron chi connectivity index (χ0n) is 7.64. The third kappa shape index (κ3) is 2.48. The quantitative estimate of drug-likeness (QED) is 0.424. The Hall–Kier alpha value is -1.53. The van der Waals surface area contributed by atoms with Crippen molar-refractivity contribution in [2.24, 2.45) is 0 Å². The monoisotopic (exact) mass is 198 g/mol. The zero-order valence-corrected chi connectivity index (χ0v) is 7.64. The van der Waals surface area contributed by atoms with Gasteiger partial charge in [0.2, 0.25) is 0 Å². The lowest BCUT2D eigenvalue weighted by atomic mass is 10.3. The van der Waals surface area contributed by atoms with Crippen LogP contribution in [0.4, 0.5) is 17.3 Å². The highest BCUT2D eigenvalue weighted by Gasteiger charge is 2.06. The van der Waals surface area contributed by atoms with Gasteiger partial charge in [0.05, 0.1) is 24.9 Å². The van der Waals surface area contributed by atoms with E-state index in [0.717, 1.165) is 0 Å². The van der Waals surface area contributed by atoms with Gasteiger partial charge in [0.1, 0.15) is 11.6 Å². The summed E-state index contributed by atoms with van der Waals surface area (Å²) in [6, 6.07) is 2.80. The van der Waals surface area contributed by atoms with Crippen molar-refractivity contribution in [2.45, 2.75) is 6.04 Å². The van der Waals surface area contributed by atoms with Gasteiger partial charge in [-0.05, 0) is 12.1 Å². The maximum absolute atomic E-state index is 8.81. The minimum atomic E-state index is -0.439. The Morgan fingerprint density at radius 1 is 1.29 bits per heavy atom. The number of nitrogens with zero attached hydrogens (tertiary/aromatic N) is 1. The van der Waals surface area contributed by atoms with Crippen LogP contribution in [0.3, 0.4) is 0 Å². The maximum Gasteiger partial charge on any atom is 0.149 e. The largest absolute Gasteiger partial charge is 0.396 e. The van der Waals surface area contributed by atoms with E-state index in [-0.39, 0.29) is 19.0 Å². The van der Waals surface area contributed by atoms with Crippen LogP contribution < -0.4 is 16.8 Å². The molecule has 1 aromatic heterocycles. The molecule has 0 aliphatic heterocycles. The van der Waals surface area contributed by atoms with Gasteiger partial charge < -0.3 is 27.0 Å². The number of anilines is 3. The Kier molecular flexibility index (Phi) is 3.49. The van der Waals surface area contributed by atoms with Crippen molar-refractivity contribution in [1.29, 1.82) is 0 Å². The van der Waals surface area contributed by atoms with Gasteiger partial charge in [-0.15, -0.1) is 0 Å². The van der Waals surface area contributed by atoms with Crippen LogP contribution in [0, 0.1) is 0 Å². The number of hydrogen-bond acceptors (Lipinski definition) is 6. The van der Waals surface area contributed by atoms with E-state index in [1.165, 1.54) is 0 Å². The Labute approximate surface area is 81.6 Å². The van der Waals surface area contributed by atoms with Gasteiger partial charge >= 0.3 is 0 Å². The lowest BCUT2D eigenvalue weighted by Crippen LogP contribution is -2.28. The van der Waals surface area contributed by atoms with Crippen molar-refractivity contribution in [1.82, 2.24) is 4.98 Å². The summed E-state index contributed by atoms with van der Waals surface area (Å²) in [5.41, 5.74) is 11.4. The standard InChI is InChI=1S/C8H14N4O2/c9-6-1-2-7(12-8(6)10)11-5(3-13)4-14/h1-2,5,13-14H,3-4,9H2,(H3,10,11,12). The van der Waals surface area contributed by atoms with Crippen LogP contribution in [0.5, 0.6) is 0 Å². The summed E-state index contributed by atoms with van der Waals surface area (Å²) in [4.78, 5) is 3.93. The average molecular weight is 198 g/mol. The Morgan fingerprint density at radius 2 is 1.93 bits per heavy atom. The van der Waals surface area contributed by atoms with Crippen molar-refractivity contribution in [3.63, 3.8) is 0 Å². The van der Waals surface area contributed by atoms with E-state index in [1.807, 2.05) is 0 Å². The molecule has 14 heavy (non-hydrogen) atoms. The molecule has 0 radical (unpaired) electrons. The molecule has 1 aromatic rings. The van der Waals surface area contributed by atoms with Gasteiger partial charge in [0, 0.05) is 0 Å². The van der Waals surface area contributed by atoms with E-state index in [4.69, 9.17) is 21.7 Å². The Balaban J connectivity index is 2.72. The lowest BCUT2D eigenvalue weighted by Gasteiger charge is -2.14. The van der Waals surface area contributed by atoms with Crippen molar-refractivity contribution in [3.8, 4) is 0 Å². The highest BCUT2D eigenvalue weighted by Crippen LogP contribution is 2.14. The number of nitrogen functional groups attached to an aromatic ring is 2. The first-order valence-corrected chi connectivity index (χ1v) is 4.17. The number of aliphatic hydroxyl groups excluding tert-OH is 2. The van der Waals surface area contributed by atoms with Crippen LogP contribution in [-0.4, -0.2) is 34.5 Å². The molecule has 0 bridgehead atoms. The summed E-state index contributed by atoms with van der Waals surface area (Å²) >= 11 is 0. The first-order valence-electron chi connectivity index (χ1n) is 4.17. The number of hydrogen-bond donors (Lipinski definition) is 5. The molecule has 78 valence electrons. The first kappa shape index (κ1) is 10.6. The Bertz CT molecular complexity index is 301. The molecule has 1 heterocycles. The van der Waals surface area contributed by atoms with Gasteiger partial charge in [-0.3, -0.25) is 0 Å². The van der Waals surface area contributed by atoms with Crippen molar-refractivity contribution >= 4 is 17.3 Å². The molecule has 7 N–H and O–H groups in total. The summed E-state index contributed by atoms with van der Waals surface area (Å²) in [6.45, 7) is -0.356. The number of nitrogens with two attached hydrogens (primary N) is 2. The van der Waals surface area contributed by atoms with Crippen molar-refractivity contribution in [3.05, 3.63) is 12.1 Å². The number of aliphatic hydroxyl groups is 2. The van der Waals surface area contributed by atoms with Gasteiger partial charge in [-0.25, -0.2) is 4.98 Å². The minimum Gasteiger partial charge on any atom is -0.396 e. The molecular weight excluding hydrogens is 184 g/mol. The molecular formula is C8H14N4O2. The number of nitrogens with one attached hydrogen (secondary N) is 1. The molecule has 0 aliphatic carbocycles. The van der Waals surface area contributed by atoms with E-state index in [9.17, 15) is 0 Å². The second kappa shape index (κ2) is 4.64. The second-order valence-electron chi connectivity index (χ2n) is 2.88. The van der Waals surface area contributed by atoms with E-state index in [1.54, 1.807) is 12.1 Å². The molecule has 1 rings (SSSR count). The van der Waals surface area contributed by atoms with Crippen molar-refractivity contribution in [2.75, 3.05) is 30.0 Å². The molecule has 0 saturated heterocycles. The van der Waals surface area contributed by atoms with E-state index >= 15 is 0 Å². The fraction of sp³-hybridized carbons (Fsp3) is 0.375. The van der Waals surface area contributed by atoms with Gasteiger partial charge in [-0.2, -0.15) is 0 Å². The fourth-order valence-electron chi connectivity index (χ4n) is 0.924. The topological polar surface area (TPSA) is 117 Å². The molecule has 0 saturated carbocycles. The fourth-order valence-corrected chi connectivity index (χ4v) is 0.924. The predicted molar refractivity (Wildman–Crippen MR) is 54.6 cm³/mol. The molecule has 0 spiro atoms. The highest BCUT2D eigenvalue weighted by molar-refractivity contribution is 5.61. The van der Waals surface area contributed by atoms with Crippen LogP contribution in [-0.2, 0) is 0 Å². The molecule has 0 aliphatic rings. The zero-order chi connectivity index (χ0) is 10.6. The average Bonchev–Trinajstić information content (AvgIpc) is 2.19. The van der Waals surface area contributed by atoms with Crippen molar-refractivity contribution < 1.29 is 10.2 Å². The number of aromatic nitrogens is 1. The predicted octanol–water partition coefficient (Wildman–Crippen LogP) is -0.989. The summed E-state index contributed by atoms with van der Waals surface area (Å²) in [5, 5.41) is 20.4. The van der Waals surface area contributed by atoms with Gasteiger partial charge in [-0.1, -0.05) is 0 Å². The number of rotatable bonds is 4. The third-order valence-corrected chi connectivity index (χ3v) is 1.75. The second-order valence-corrected chi connectivity index (χ2v) is 2.88. The van der Waals surface area contributed by atoms with Crippen LogP contribution >= 0.6 is 0 Å². The SMILES string of the molecule is Nc1ccc(NC(CO)CO)nc1N. The molecule has 6 nitrogen and oxygen atoms in total. The molecule has 0 fully saturated rings. The summed E-state index contributed by atoms with van der Waals surface area (Å²) in [6.07, 6.45) is 0. The number of pyridine rings is 1. The summed E-state index contributed by atoms with van der Waals surface area (Å²) in [5.74, 6) is 0.703. The molecule has 0 atom stereocenters. The minimum absolute atomic E-state index is 0.178. The summed E-state index contributed by atoms with van der Waals surface area (Å²) in [7, 11) is 0. The van der Waals surface area contributed by atoms with E-state index in [2.05, 4.69) is 10.3 Å². The first-order chi connectivity index (χ1) is 6.67. The van der Waals surface area contributed by atoms with Gasteiger partial charge in [0.15, 0.2) is 0 Å². The van der Waals surface area contributed by atoms with Crippen LogP contribution in [0.15, 0.2) is 12.1 Å². The van der Waals surface area contributed by atoms with Gasteiger partial charge in [0.25, 0.3) is 0 Å². The molecule has 0 amide bonds. The maximum atomic E-state index is 8.81. The van der Waals surface area contributed by atoms with Crippen LogP contribution in [0.1, 0.15) is 0 Å². The smallest absolute Gasteiger partial charge is 0.149 e. The van der Waals surface area contributed by atoms with Crippen LogP contribution in [0.2, 0.25) is 0 Å². The third-order valence-electron chi connectivity index (χ3n) is 1.75.